The van der Waals surface area contributed by atoms with Crippen molar-refractivity contribution in [3.63, 3.8) is 0 Å². The summed E-state index contributed by atoms with van der Waals surface area (Å²) in [5, 5.41) is 3.63. The van der Waals surface area contributed by atoms with Gasteiger partial charge in [-0.1, -0.05) is 39.0 Å². The van der Waals surface area contributed by atoms with Gasteiger partial charge in [0.25, 0.3) is 0 Å². The number of aryl methyl sites for hydroxylation is 1. The van der Waals surface area contributed by atoms with Crippen LogP contribution in [0.4, 0.5) is 0 Å². The number of imidazole rings is 1. The predicted octanol–water partition coefficient (Wildman–Crippen LogP) is 5.98. The molecule has 142 valence electrons. The molecule has 4 heteroatoms. The Balaban J connectivity index is 1.72. The molecule has 0 amide bonds. The van der Waals surface area contributed by atoms with Crippen LogP contribution >= 0.6 is 0 Å². The maximum atomic E-state index is 5.01. The molecule has 6 aromatic rings. The molecule has 0 atom stereocenters. The quantitative estimate of drug-likeness (QED) is 0.326. The minimum absolute atomic E-state index is 0.0270. The highest BCUT2D eigenvalue weighted by molar-refractivity contribution is 6.12. The van der Waals surface area contributed by atoms with Crippen molar-refractivity contribution < 1.29 is 0 Å². The fourth-order valence-corrected chi connectivity index (χ4v) is 4.44. The molecule has 0 radical (unpaired) electrons. The molecule has 0 aliphatic heterocycles. The molecule has 4 heterocycles. The normalized spacial score (nSPS) is 12.8. The van der Waals surface area contributed by atoms with Gasteiger partial charge in [-0.25, -0.2) is 4.98 Å². The maximum Gasteiger partial charge on any atom is 0.147 e. The molecule has 0 fully saturated rings. The van der Waals surface area contributed by atoms with E-state index < -0.39 is 0 Å². The van der Waals surface area contributed by atoms with E-state index in [-0.39, 0.29) is 5.41 Å². The van der Waals surface area contributed by atoms with E-state index in [2.05, 4.69) is 97.6 Å². The number of para-hydroxylation sites is 1. The van der Waals surface area contributed by atoms with Crippen molar-refractivity contribution in [3.8, 4) is 0 Å². The van der Waals surface area contributed by atoms with E-state index in [9.17, 15) is 0 Å². The Morgan fingerprint density at radius 3 is 2.38 bits per heavy atom. The summed E-state index contributed by atoms with van der Waals surface area (Å²) in [5.74, 6) is 0. The predicted molar refractivity (Wildman–Crippen MR) is 121 cm³/mol. The van der Waals surface area contributed by atoms with Crippen molar-refractivity contribution in [3.05, 3.63) is 66.5 Å². The van der Waals surface area contributed by atoms with Gasteiger partial charge in [0.15, 0.2) is 0 Å². The van der Waals surface area contributed by atoms with Gasteiger partial charge in [-0.2, -0.15) is 0 Å². The Hall–Kier alpha value is -3.40. The van der Waals surface area contributed by atoms with Crippen LogP contribution in [0.1, 0.15) is 26.5 Å². The molecule has 0 saturated heterocycles. The first-order valence-electron chi connectivity index (χ1n) is 10.0. The van der Waals surface area contributed by atoms with E-state index in [1.54, 1.807) is 0 Å². The SMILES string of the molecule is Cn1c2ccccc2c2cc3c(cc21)nc1c2ccc(C(C)(C)C)nc2ccn31. The lowest BCUT2D eigenvalue weighted by Crippen LogP contribution is -2.13. The summed E-state index contributed by atoms with van der Waals surface area (Å²) in [6.07, 6.45) is 2.10. The first-order chi connectivity index (χ1) is 13.9. The van der Waals surface area contributed by atoms with E-state index in [0.717, 1.165) is 33.3 Å². The van der Waals surface area contributed by atoms with Crippen molar-refractivity contribution in [2.75, 3.05) is 0 Å². The van der Waals surface area contributed by atoms with Gasteiger partial charge in [0.05, 0.1) is 22.1 Å². The third kappa shape index (κ3) is 2.20. The summed E-state index contributed by atoms with van der Waals surface area (Å²) in [4.78, 5) is 9.92. The van der Waals surface area contributed by atoms with Crippen LogP contribution in [0.15, 0.2) is 60.8 Å². The van der Waals surface area contributed by atoms with Crippen LogP contribution in [0.3, 0.4) is 0 Å². The van der Waals surface area contributed by atoms with Gasteiger partial charge in [-0.15, -0.1) is 0 Å². The number of fused-ring (bicyclic) bond motifs is 8. The van der Waals surface area contributed by atoms with Crippen molar-refractivity contribution in [2.45, 2.75) is 26.2 Å². The number of nitrogens with zero attached hydrogens (tertiary/aromatic N) is 4. The lowest BCUT2D eigenvalue weighted by molar-refractivity contribution is 0.571. The number of aromatic nitrogens is 4. The lowest BCUT2D eigenvalue weighted by atomic mass is 9.91. The highest BCUT2D eigenvalue weighted by Gasteiger charge is 2.18. The molecule has 0 aliphatic carbocycles. The van der Waals surface area contributed by atoms with Gasteiger partial charge < -0.3 is 4.57 Å². The standard InChI is InChI=1S/C25H22N4/c1-25(2,3)23-10-9-16-18(26-23)11-12-29-22-13-17-15-7-5-6-8-20(15)28(4)21(17)14-19(22)27-24(16)29/h5-14H,1-4H3. The first kappa shape index (κ1) is 16.5. The van der Waals surface area contributed by atoms with Crippen molar-refractivity contribution >= 4 is 49.4 Å². The van der Waals surface area contributed by atoms with Crippen LogP contribution in [0.5, 0.6) is 0 Å². The summed E-state index contributed by atoms with van der Waals surface area (Å²) >= 11 is 0. The Labute approximate surface area is 168 Å². The average molecular weight is 378 g/mol. The molecule has 0 saturated carbocycles. The number of hydrogen-bond donors (Lipinski definition) is 0. The molecule has 2 aromatic carbocycles. The highest BCUT2D eigenvalue weighted by Crippen LogP contribution is 2.33. The minimum Gasteiger partial charge on any atom is -0.344 e. The molecule has 29 heavy (non-hydrogen) atoms. The summed E-state index contributed by atoms with van der Waals surface area (Å²) in [5.41, 5.74) is 7.68. The second-order valence-corrected chi connectivity index (χ2v) is 8.93. The van der Waals surface area contributed by atoms with Crippen molar-refractivity contribution in [2.24, 2.45) is 7.05 Å². The monoisotopic (exact) mass is 378 g/mol. The van der Waals surface area contributed by atoms with E-state index in [4.69, 9.17) is 9.97 Å². The van der Waals surface area contributed by atoms with Gasteiger partial charge in [0, 0.05) is 46.0 Å². The highest BCUT2D eigenvalue weighted by atomic mass is 15.0. The van der Waals surface area contributed by atoms with Crippen molar-refractivity contribution in [1.29, 1.82) is 0 Å². The number of rotatable bonds is 0. The Bertz CT molecular complexity index is 1590. The topological polar surface area (TPSA) is 35.1 Å². The Morgan fingerprint density at radius 1 is 0.724 bits per heavy atom. The third-order valence-corrected chi connectivity index (χ3v) is 6.04. The molecule has 4 nitrogen and oxygen atoms in total. The fourth-order valence-electron chi connectivity index (χ4n) is 4.44. The summed E-state index contributed by atoms with van der Waals surface area (Å²) in [6, 6.07) is 19.4. The molecular formula is C25H22N4. The zero-order chi connectivity index (χ0) is 19.9. The lowest BCUT2D eigenvalue weighted by Gasteiger charge is -2.18. The summed E-state index contributed by atoms with van der Waals surface area (Å²) < 4.78 is 4.45. The Kier molecular flexibility index (Phi) is 3.05. The average Bonchev–Trinajstić information content (AvgIpc) is 3.21. The first-order valence-corrected chi connectivity index (χ1v) is 10.0. The van der Waals surface area contributed by atoms with Gasteiger partial charge in [0.1, 0.15) is 5.65 Å². The summed E-state index contributed by atoms with van der Waals surface area (Å²) in [6.45, 7) is 6.58. The number of pyridine rings is 2. The molecule has 0 aliphatic rings. The summed E-state index contributed by atoms with van der Waals surface area (Å²) in [7, 11) is 2.12. The maximum absolute atomic E-state index is 5.01. The second-order valence-electron chi connectivity index (χ2n) is 8.93. The molecule has 0 spiro atoms. The molecular weight excluding hydrogens is 356 g/mol. The van der Waals surface area contributed by atoms with E-state index in [1.165, 1.54) is 21.8 Å². The van der Waals surface area contributed by atoms with Gasteiger partial charge in [0.2, 0.25) is 0 Å². The molecule has 0 bridgehead atoms. The van der Waals surface area contributed by atoms with Crippen LogP contribution < -0.4 is 0 Å². The Morgan fingerprint density at radius 2 is 1.55 bits per heavy atom. The molecule has 4 aromatic heterocycles. The molecule has 6 rings (SSSR count). The van der Waals surface area contributed by atoms with Crippen LogP contribution in [0, 0.1) is 0 Å². The zero-order valence-corrected chi connectivity index (χ0v) is 17.1. The minimum atomic E-state index is 0.0270. The smallest absolute Gasteiger partial charge is 0.147 e. The van der Waals surface area contributed by atoms with Crippen molar-refractivity contribution in [1.82, 2.24) is 18.9 Å². The number of benzene rings is 2. The van der Waals surface area contributed by atoms with Crippen LogP contribution in [-0.2, 0) is 12.5 Å². The van der Waals surface area contributed by atoms with Gasteiger partial charge >= 0.3 is 0 Å². The van der Waals surface area contributed by atoms with E-state index >= 15 is 0 Å². The van der Waals surface area contributed by atoms with E-state index in [0.29, 0.717) is 0 Å². The van der Waals surface area contributed by atoms with E-state index in [1.807, 2.05) is 0 Å². The zero-order valence-electron chi connectivity index (χ0n) is 17.1. The van der Waals surface area contributed by atoms with Crippen LogP contribution in [0.25, 0.3) is 49.4 Å². The van der Waals surface area contributed by atoms with Gasteiger partial charge in [-0.3, -0.25) is 9.38 Å². The fraction of sp³-hybridized carbons (Fsp3) is 0.200. The molecule has 0 unspecified atom stereocenters. The van der Waals surface area contributed by atoms with Gasteiger partial charge in [-0.05, 0) is 36.4 Å². The number of hydrogen-bond acceptors (Lipinski definition) is 2. The largest absolute Gasteiger partial charge is 0.344 e. The van der Waals surface area contributed by atoms with Crippen LogP contribution in [-0.4, -0.2) is 18.9 Å². The third-order valence-electron chi connectivity index (χ3n) is 6.04. The van der Waals surface area contributed by atoms with Crippen LogP contribution in [0.2, 0.25) is 0 Å². The second kappa shape index (κ2) is 5.35. The molecule has 0 N–H and O–H groups in total.